The van der Waals surface area contributed by atoms with Crippen LogP contribution in [-0.4, -0.2) is 21.0 Å². The van der Waals surface area contributed by atoms with E-state index in [1.165, 1.54) is 36.8 Å². The second-order valence-electron chi connectivity index (χ2n) is 7.17. The fourth-order valence-corrected chi connectivity index (χ4v) is 3.42. The van der Waals surface area contributed by atoms with Crippen molar-refractivity contribution in [1.29, 1.82) is 0 Å². The molecule has 2 aromatic heterocycles. The summed E-state index contributed by atoms with van der Waals surface area (Å²) in [4.78, 5) is 13.7. The smallest absolute Gasteiger partial charge is 0.225 e. The minimum absolute atomic E-state index is 0.471. The van der Waals surface area contributed by atoms with Crippen molar-refractivity contribution in [3.63, 3.8) is 0 Å². The van der Waals surface area contributed by atoms with Crippen molar-refractivity contribution in [2.45, 2.75) is 45.2 Å². The van der Waals surface area contributed by atoms with Crippen LogP contribution >= 0.6 is 0 Å². The molecule has 1 aromatic carbocycles. The van der Waals surface area contributed by atoms with Gasteiger partial charge in [0, 0.05) is 36.6 Å². The summed E-state index contributed by atoms with van der Waals surface area (Å²) in [6.45, 7) is 2.83. The molecule has 3 aromatic rings. The quantitative estimate of drug-likeness (QED) is 0.661. The lowest BCUT2D eigenvalue weighted by Gasteiger charge is -2.15. The molecule has 5 nitrogen and oxygen atoms in total. The van der Waals surface area contributed by atoms with E-state index >= 15 is 0 Å². The van der Waals surface area contributed by atoms with Crippen LogP contribution in [0.3, 0.4) is 0 Å². The SMILES string of the molecule is Cc1ccc(CNc2cc(-c3cccnc3)nc(NC3CCCC3)n2)cc1. The van der Waals surface area contributed by atoms with E-state index in [0.29, 0.717) is 12.0 Å². The molecule has 0 radical (unpaired) electrons. The monoisotopic (exact) mass is 359 g/mol. The van der Waals surface area contributed by atoms with Gasteiger partial charge in [0.15, 0.2) is 0 Å². The summed E-state index contributed by atoms with van der Waals surface area (Å²) in [5, 5.41) is 6.96. The third-order valence-electron chi connectivity index (χ3n) is 4.97. The van der Waals surface area contributed by atoms with Gasteiger partial charge in [0.2, 0.25) is 5.95 Å². The van der Waals surface area contributed by atoms with Gasteiger partial charge in [-0.1, -0.05) is 42.7 Å². The zero-order valence-corrected chi connectivity index (χ0v) is 15.7. The fraction of sp³-hybridized carbons (Fsp3) is 0.318. The first kappa shape index (κ1) is 17.5. The fourth-order valence-electron chi connectivity index (χ4n) is 3.42. The maximum absolute atomic E-state index is 4.73. The molecule has 0 unspecified atom stereocenters. The largest absolute Gasteiger partial charge is 0.366 e. The second kappa shape index (κ2) is 8.16. The molecule has 1 aliphatic rings. The van der Waals surface area contributed by atoms with Crippen LogP contribution in [0.1, 0.15) is 36.8 Å². The maximum Gasteiger partial charge on any atom is 0.225 e. The van der Waals surface area contributed by atoms with Crippen LogP contribution in [-0.2, 0) is 6.54 Å². The molecular formula is C22H25N5. The van der Waals surface area contributed by atoms with Crippen LogP contribution in [0, 0.1) is 6.92 Å². The highest BCUT2D eigenvalue weighted by atomic mass is 15.2. The molecule has 27 heavy (non-hydrogen) atoms. The number of aromatic nitrogens is 3. The van der Waals surface area contributed by atoms with E-state index in [1.807, 2.05) is 24.4 Å². The van der Waals surface area contributed by atoms with E-state index in [-0.39, 0.29) is 0 Å². The van der Waals surface area contributed by atoms with Crippen LogP contribution in [0.15, 0.2) is 54.9 Å². The molecule has 0 bridgehead atoms. The Morgan fingerprint density at radius 2 is 1.85 bits per heavy atom. The third kappa shape index (κ3) is 4.61. The van der Waals surface area contributed by atoms with Crippen molar-refractivity contribution in [2.24, 2.45) is 0 Å². The van der Waals surface area contributed by atoms with Crippen molar-refractivity contribution in [2.75, 3.05) is 10.6 Å². The minimum Gasteiger partial charge on any atom is -0.366 e. The molecule has 1 saturated carbocycles. The van der Waals surface area contributed by atoms with Gasteiger partial charge in [0.05, 0.1) is 5.69 Å². The lowest BCUT2D eigenvalue weighted by molar-refractivity contribution is 0.744. The van der Waals surface area contributed by atoms with Gasteiger partial charge in [-0.25, -0.2) is 4.98 Å². The number of pyridine rings is 1. The maximum atomic E-state index is 4.73. The zero-order valence-electron chi connectivity index (χ0n) is 15.7. The highest BCUT2D eigenvalue weighted by Crippen LogP contribution is 2.24. The van der Waals surface area contributed by atoms with E-state index in [2.05, 4.69) is 46.8 Å². The van der Waals surface area contributed by atoms with Crippen molar-refractivity contribution >= 4 is 11.8 Å². The predicted octanol–water partition coefficient (Wildman–Crippen LogP) is 4.81. The molecule has 4 rings (SSSR count). The van der Waals surface area contributed by atoms with E-state index in [4.69, 9.17) is 9.97 Å². The van der Waals surface area contributed by atoms with E-state index < -0.39 is 0 Å². The van der Waals surface area contributed by atoms with Gasteiger partial charge < -0.3 is 10.6 Å². The van der Waals surface area contributed by atoms with Gasteiger partial charge >= 0.3 is 0 Å². The number of nitrogens with one attached hydrogen (secondary N) is 2. The first-order valence-electron chi connectivity index (χ1n) is 9.62. The predicted molar refractivity (Wildman–Crippen MR) is 110 cm³/mol. The van der Waals surface area contributed by atoms with Gasteiger partial charge in [-0.05, 0) is 37.5 Å². The Morgan fingerprint density at radius 3 is 2.59 bits per heavy atom. The standard InChI is InChI=1S/C22H25N5/c1-16-8-10-17(11-9-16)14-24-21-13-20(18-5-4-12-23-15-18)26-22(27-21)25-19-6-2-3-7-19/h4-5,8-13,15,19H,2-3,6-7,14H2,1H3,(H2,24,25,26,27). The number of aryl methyl sites for hydroxylation is 1. The van der Waals surface area contributed by atoms with E-state index in [1.54, 1.807) is 6.20 Å². The van der Waals surface area contributed by atoms with E-state index in [0.717, 1.165) is 23.6 Å². The van der Waals surface area contributed by atoms with Gasteiger partial charge in [-0.15, -0.1) is 0 Å². The molecular weight excluding hydrogens is 334 g/mol. The summed E-state index contributed by atoms with van der Waals surface area (Å²) in [6, 6.07) is 15.0. The average molecular weight is 359 g/mol. The molecule has 2 heterocycles. The zero-order chi connectivity index (χ0) is 18.5. The number of hydrogen-bond donors (Lipinski definition) is 2. The van der Waals surface area contributed by atoms with E-state index in [9.17, 15) is 0 Å². The topological polar surface area (TPSA) is 62.7 Å². The molecule has 0 amide bonds. The Balaban J connectivity index is 1.57. The first-order chi connectivity index (χ1) is 13.3. The molecule has 0 atom stereocenters. The van der Waals surface area contributed by atoms with Crippen molar-refractivity contribution in [3.05, 3.63) is 66.0 Å². The van der Waals surface area contributed by atoms with Gasteiger partial charge in [0.1, 0.15) is 5.82 Å². The van der Waals surface area contributed by atoms with Gasteiger partial charge in [-0.3, -0.25) is 4.98 Å². The highest BCUT2D eigenvalue weighted by molar-refractivity contribution is 5.63. The summed E-state index contributed by atoms with van der Waals surface area (Å²) < 4.78 is 0. The summed E-state index contributed by atoms with van der Waals surface area (Å²) in [5.74, 6) is 1.51. The van der Waals surface area contributed by atoms with Crippen molar-refractivity contribution < 1.29 is 0 Å². The number of anilines is 2. The Morgan fingerprint density at radius 1 is 1.04 bits per heavy atom. The Kier molecular flexibility index (Phi) is 5.28. The first-order valence-corrected chi connectivity index (χ1v) is 9.62. The van der Waals surface area contributed by atoms with Crippen LogP contribution in [0.5, 0.6) is 0 Å². The summed E-state index contributed by atoms with van der Waals surface area (Å²) >= 11 is 0. The van der Waals surface area contributed by atoms with Crippen molar-refractivity contribution in [3.8, 4) is 11.3 Å². The second-order valence-corrected chi connectivity index (χ2v) is 7.17. The van der Waals surface area contributed by atoms with Crippen LogP contribution in [0.4, 0.5) is 11.8 Å². The molecule has 5 heteroatoms. The lowest BCUT2D eigenvalue weighted by atomic mass is 10.1. The molecule has 0 spiro atoms. The molecule has 1 aliphatic carbocycles. The summed E-state index contributed by atoms with van der Waals surface area (Å²) in [6.07, 6.45) is 8.54. The van der Waals surface area contributed by atoms with Gasteiger partial charge in [-0.2, -0.15) is 4.98 Å². The molecule has 2 N–H and O–H groups in total. The molecule has 0 aliphatic heterocycles. The molecule has 138 valence electrons. The number of nitrogens with zero attached hydrogens (tertiary/aromatic N) is 3. The Labute approximate surface area is 160 Å². The minimum atomic E-state index is 0.471. The van der Waals surface area contributed by atoms with Crippen LogP contribution in [0.25, 0.3) is 11.3 Å². The lowest BCUT2D eigenvalue weighted by Crippen LogP contribution is -2.17. The number of hydrogen-bond acceptors (Lipinski definition) is 5. The summed E-state index contributed by atoms with van der Waals surface area (Å²) in [7, 11) is 0. The average Bonchev–Trinajstić information content (AvgIpc) is 3.21. The molecule has 0 saturated heterocycles. The Bertz CT molecular complexity index is 871. The third-order valence-corrected chi connectivity index (χ3v) is 4.97. The molecule has 1 fully saturated rings. The summed E-state index contributed by atoms with van der Waals surface area (Å²) in [5.41, 5.74) is 4.37. The van der Waals surface area contributed by atoms with Crippen LogP contribution < -0.4 is 10.6 Å². The number of rotatable bonds is 6. The van der Waals surface area contributed by atoms with Crippen LogP contribution in [0.2, 0.25) is 0 Å². The number of benzene rings is 1. The Hall–Kier alpha value is -2.95. The highest BCUT2D eigenvalue weighted by Gasteiger charge is 2.16. The normalized spacial score (nSPS) is 14.3. The van der Waals surface area contributed by atoms with Gasteiger partial charge in [0.25, 0.3) is 0 Å². The van der Waals surface area contributed by atoms with Crippen molar-refractivity contribution in [1.82, 2.24) is 15.0 Å².